The molecule has 0 radical (unpaired) electrons. The first kappa shape index (κ1) is 8.47. The van der Waals surface area contributed by atoms with E-state index in [9.17, 15) is 8.78 Å². The zero-order valence-electron chi connectivity index (χ0n) is 5.73. The van der Waals surface area contributed by atoms with E-state index in [0.717, 1.165) is 0 Å². The number of rotatable bonds is 2. The molecule has 0 aliphatic rings. The molecule has 0 bridgehead atoms. The normalized spacial score (nSPS) is 10.5. The van der Waals surface area contributed by atoms with Gasteiger partial charge in [0.05, 0.1) is 0 Å². The Balaban J connectivity index is 3.02. The Morgan fingerprint density at radius 3 is 2.36 bits per heavy atom. The minimum Gasteiger partial charge on any atom is -0.205 e. The van der Waals surface area contributed by atoms with Gasteiger partial charge in [-0.15, -0.1) is 11.6 Å². The van der Waals surface area contributed by atoms with Gasteiger partial charge in [0.1, 0.15) is 0 Å². The molecule has 11 heavy (non-hydrogen) atoms. The highest BCUT2D eigenvalue weighted by atomic mass is 35.5. The van der Waals surface area contributed by atoms with Crippen LogP contribution in [0.2, 0.25) is 0 Å². The van der Waals surface area contributed by atoms with Crippen LogP contribution in [0.4, 0.5) is 8.78 Å². The second-order valence-electron chi connectivity index (χ2n) is 2.13. The van der Waals surface area contributed by atoms with Crippen molar-refractivity contribution in [2.24, 2.45) is 0 Å². The highest BCUT2D eigenvalue weighted by Crippen LogP contribution is 2.23. The number of benzene rings is 1. The van der Waals surface area contributed by atoms with Crippen molar-refractivity contribution in [2.75, 3.05) is 0 Å². The lowest BCUT2D eigenvalue weighted by molar-refractivity contribution is 0.150. The first-order chi connectivity index (χ1) is 5.25. The van der Waals surface area contributed by atoms with Crippen molar-refractivity contribution in [2.45, 2.75) is 12.3 Å². The first-order valence-electron chi connectivity index (χ1n) is 3.17. The quantitative estimate of drug-likeness (QED) is 0.607. The molecule has 3 heteroatoms. The van der Waals surface area contributed by atoms with Gasteiger partial charge in [-0.3, -0.25) is 0 Å². The Bertz CT molecular complexity index is 235. The van der Waals surface area contributed by atoms with Gasteiger partial charge in [-0.1, -0.05) is 24.3 Å². The van der Waals surface area contributed by atoms with Gasteiger partial charge in [0.15, 0.2) is 0 Å². The summed E-state index contributed by atoms with van der Waals surface area (Å²) in [7, 11) is 0. The van der Waals surface area contributed by atoms with Crippen molar-refractivity contribution in [3.05, 3.63) is 35.4 Å². The van der Waals surface area contributed by atoms with E-state index >= 15 is 0 Å². The third-order valence-corrected chi connectivity index (χ3v) is 1.72. The maximum absolute atomic E-state index is 12.2. The predicted octanol–water partition coefficient (Wildman–Crippen LogP) is 3.36. The van der Waals surface area contributed by atoms with Crippen LogP contribution >= 0.6 is 11.6 Å². The number of halogens is 3. The molecule has 0 unspecified atom stereocenters. The smallest absolute Gasteiger partial charge is 0.205 e. The van der Waals surface area contributed by atoms with Gasteiger partial charge in [0, 0.05) is 11.4 Å². The standard InChI is InChI=1S/C8H7ClF2/c9-5-6-3-1-2-4-7(6)8(10)11/h1-4,8H,5H2. The predicted molar refractivity (Wildman–Crippen MR) is 41.0 cm³/mol. The maximum Gasteiger partial charge on any atom is 0.264 e. The first-order valence-corrected chi connectivity index (χ1v) is 3.71. The summed E-state index contributed by atoms with van der Waals surface area (Å²) in [5, 5.41) is 0. The van der Waals surface area contributed by atoms with E-state index in [-0.39, 0.29) is 11.4 Å². The van der Waals surface area contributed by atoms with E-state index in [4.69, 9.17) is 11.6 Å². The van der Waals surface area contributed by atoms with Crippen LogP contribution in [0, 0.1) is 0 Å². The summed E-state index contributed by atoms with van der Waals surface area (Å²) in [4.78, 5) is 0. The third kappa shape index (κ3) is 1.90. The molecule has 0 fully saturated rings. The molecule has 60 valence electrons. The summed E-state index contributed by atoms with van der Waals surface area (Å²) in [5.41, 5.74) is 0.534. The summed E-state index contributed by atoms with van der Waals surface area (Å²) in [5.74, 6) is 0.139. The summed E-state index contributed by atoms with van der Waals surface area (Å²) >= 11 is 5.44. The topological polar surface area (TPSA) is 0 Å². The molecular weight excluding hydrogens is 170 g/mol. The molecule has 0 saturated carbocycles. The van der Waals surface area contributed by atoms with E-state index in [1.807, 2.05) is 0 Å². The molecule has 0 heterocycles. The number of hydrogen-bond donors (Lipinski definition) is 0. The van der Waals surface area contributed by atoms with Crippen molar-refractivity contribution >= 4 is 11.6 Å². The summed E-state index contributed by atoms with van der Waals surface area (Å²) in [6, 6.07) is 6.28. The minimum atomic E-state index is -2.43. The van der Waals surface area contributed by atoms with Crippen molar-refractivity contribution in [1.82, 2.24) is 0 Å². The van der Waals surface area contributed by atoms with E-state index in [0.29, 0.717) is 5.56 Å². The van der Waals surface area contributed by atoms with Crippen LogP contribution in [0.25, 0.3) is 0 Å². The Kier molecular flexibility index (Phi) is 2.83. The average Bonchev–Trinajstić information content (AvgIpc) is 2.04. The van der Waals surface area contributed by atoms with Crippen LogP contribution in [0.1, 0.15) is 17.6 Å². The maximum atomic E-state index is 12.2. The molecule has 0 N–H and O–H groups in total. The highest BCUT2D eigenvalue weighted by Gasteiger charge is 2.10. The van der Waals surface area contributed by atoms with Crippen LogP contribution in [0.15, 0.2) is 24.3 Å². The second kappa shape index (κ2) is 3.67. The molecule has 1 aromatic carbocycles. The average molecular weight is 177 g/mol. The largest absolute Gasteiger partial charge is 0.264 e. The molecule has 0 amide bonds. The SMILES string of the molecule is FC(F)c1ccccc1CCl. The Morgan fingerprint density at radius 1 is 1.27 bits per heavy atom. The molecule has 0 saturated heterocycles. The highest BCUT2D eigenvalue weighted by molar-refractivity contribution is 6.17. The molecule has 0 aliphatic carbocycles. The van der Waals surface area contributed by atoms with E-state index < -0.39 is 6.43 Å². The van der Waals surface area contributed by atoms with Crippen molar-refractivity contribution < 1.29 is 8.78 Å². The fraction of sp³-hybridized carbons (Fsp3) is 0.250. The molecule has 1 aromatic rings. The van der Waals surface area contributed by atoms with Crippen molar-refractivity contribution in [3.8, 4) is 0 Å². The lowest BCUT2D eigenvalue weighted by Gasteiger charge is -2.03. The Morgan fingerprint density at radius 2 is 1.91 bits per heavy atom. The minimum absolute atomic E-state index is 0.0301. The molecule has 1 rings (SSSR count). The lowest BCUT2D eigenvalue weighted by Crippen LogP contribution is -1.90. The molecule has 0 spiro atoms. The van der Waals surface area contributed by atoms with Gasteiger partial charge in [-0.2, -0.15) is 0 Å². The molecule has 0 aliphatic heterocycles. The summed E-state index contributed by atoms with van der Waals surface area (Å²) < 4.78 is 24.3. The van der Waals surface area contributed by atoms with Crippen LogP contribution in [-0.2, 0) is 5.88 Å². The van der Waals surface area contributed by atoms with Gasteiger partial charge in [-0.05, 0) is 5.56 Å². The van der Waals surface area contributed by atoms with Crippen LogP contribution in [0.3, 0.4) is 0 Å². The van der Waals surface area contributed by atoms with E-state index in [1.165, 1.54) is 6.07 Å². The van der Waals surface area contributed by atoms with E-state index in [1.54, 1.807) is 18.2 Å². The molecule has 0 aromatic heterocycles. The van der Waals surface area contributed by atoms with Crippen LogP contribution in [0.5, 0.6) is 0 Å². The Hall–Kier alpha value is -0.630. The summed E-state index contributed by atoms with van der Waals surface area (Å²) in [6.45, 7) is 0. The second-order valence-corrected chi connectivity index (χ2v) is 2.40. The van der Waals surface area contributed by atoms with Crippen LogP contribution in [-0.4, -0.2) is 0 Å². The molecule has 0 atom stereocenters. The fourth-order valence-electron chi connectivity index (χ4n) is 0.869. The van der Waals surface area contributed by atoms with Crippen LogP contribution < -0.4 is 0 Å². The van der Waals surface area contributed by atoms with Gasteiger partial charge in [0.25, 0.3) is 6.43 Å². The van der Waals surface area contributed by atoms with Gasteiger partial charge >= 0.3 is 0 Å². The lowest BCUT2D eigenvalue weighted by atomic mass is 10.1. The third-order valence-electron chi connectivity index (χ3n) is 1.43. The molecular formula is C8H7ClF2. The monoisotopic (exact) mass is 176 g/mol. The fourth-order valence-corrected chi connectivity index (χ4v) is 1.11. The molecule has 0 nitrogen and oxygen atoms in total. The zero-order valence-corrected chi connectivity index (χ0v) is 6.48. The van der Waals surface area contributed by atoms with Gasteiger partial charge < -0.3 is 0 Å². The Labute approximate surface area is 68.8 Å². The number of hydrogen-bond acceptors (Lipinski definition) is 0. The van der Waals surface area contributed by atoms with Crippen molar-refractivity contribution in [1.29, 1.82) is 0 Å². The van der Waals surface area contributed by atoms with Gasteiger partial charge in [0.2, 0.25) is 0 Å². The summed E-state index contributed by atoms with van der Waals surface area (Å²) in [6.07, 6.45) is -2.43. The van der Waals surface area contributed by atoms with E-state index in [2.05, 4.69) is 0 Å². The zero-order chi connectivity index (χ0) is 8.27. The van der Waals surface area contributed by atoms with Crippen molar-refractivity contribution in [3.63, 3.8) is 0 Å². The number of alkyl halides is 3. The van der Waals surface area contributed by atoms with Gasteiger partial charge in [-0.25, -0.2) is 8.78 Å².